The molecule has 0 aliphatic heterocycles. The average Bonchev–Trinajstić information content (AvgIpc) is 3.15. The number of furan rings is 1. The number of amides is 2. The molecule has 1 heterocycles. The van der Waals surface area contributed by atoms with E-state index in [-0.39, 0.29) is 24.8 Å². The molecule has 0 aliphatic rings. The first-order valence-electron chi connectivity index (χ1n) is 7.98. The second-order valence-corrected chi connectivity index (χ2v) is 5.86. The zero-order valence-electron chi connectivity index (χ0n) is 14.2. The van der Waals surface area contributed by atoms with Gasteiger partial charge in [0, 0.05) is 11.6 Å². The van der Waals surface area contributed by atoms with Gasteiger partial charge in [-0.25, -0.2) is 0 Å². The van der Waals surface area contributed by atoms with Gasteiger partial charge in [0.1, 0.15) is 0 Å². The second-order valence-electron chi connectivity index (χ2n) is 5.45. The number of carbonyl (C=O) groups excluding carboxylic acids is 3. The fourth-order valence-corrected chi connectivity index (χ4v) is 2.48. The van der Waals surface area contributed by atoms with Crippen LogP contribution in [0.15, 0.2) is 47.1 Å². The molecule has 2 N–H and O–H groups in total. The Hall–Kier alpha value is -2.80. The molecule has 0 unspecified atom stereocenters. The van der Waals surface area contributed by atoms with Crippen LogP contribution in [0.5, 0.6) is 0 Å². The van der Waals surface area contributed by atoms with E-state index in [1.807, 2.05) is 6.07 Å². The van der Waals surface area contributed by atoms with Crippen LogP contribution in [0.25, 0.3) is 0 Å². The van der Waals surface area contributed by atoms with Crippen LogP contribution < -0.4 is 10.6 Å². The Bertz CT molecular complexity index is 761. The summed E-state index contributed by atoms with van der Waals surface area (Å²) in [5, 5.41) is 5.76. The molecule has 1 atom stereocenters. The highest BCUT2D eigenvalue weighted by molar-refractivity contribution is 6.31. The van der Waals surface area contributed by atoms with Crippen LogP contribution in [-0.4, -0.2) is 30.9 Å². The number of rotatable bonds is 8. The van der Waals surface area contributed by atoms with Crippen molar-refractivity contribution in [2.75, 3.05) is 13.2 Å². The van der Waals surface area contributed by atoms with Gasteiger partial charge in [-0.3, -0.25) is 14.4 Å². The van der Waals surface area contributed by atoms with E-state index in [0.29, 0.717) is 5.02 Å². The van der Waals surface area contributed by atoms with Gasteiger partial charge in [-0.15, -0.1) is 0 Å². The minimum absolute atomic E-state index is 0.0558. The summed E-state index contributed by atoms with van der Waals surface area (Å²) in [5.41, 5.74) is 0.773. The molecule has 26 heavy (non-hydrogen) atoms. The Kier molecular flexibility index (Phi) is 7.23. The van der Waals surface area contributed by atoms with Crippen LogP contribution in [-0.2, 0) is 14.3 Å². The van der Waals surface area contributed by atoms with Gasteiger partial charge in [0.25, 0.3) is 11.8 Å². The van der Waals surface area contributed by atoms with Crippen molar-refractivity contribution >= 4 is 29.4 Å². The summed E-state index contributed by atoms with van der Waals surface area (Å²) < 4.78 is 9.81. The first-order chi connectivity index (χ1) is 12.5. The molecular formula is C18H19ClN2O5. The lowest BCUT2D eigenvalue weighted by Crippen LogP contribution is -2.32. The zero-order valence-corrected chi connectivity index (χ0v) is 14.9. The molecule has 0 aliphatic carbocycles. The van der Waals surface area contributed by atoms with Crippen LogP contribution in [0.1, 0.15) is 35.5 Å². The van der Waals surface area contributed by atoms with E-state index in [9.17, 15) is 14.4 Å². The molecule has 0 bridgehead atoms. The molecule has 8 heteroatoms. The van der Waals surface area contributed by atoms with Crippen LogP contribution in [0.2, 0.25) is 5.02 Å². The van der Waals surface area contributed by atoms with Crippen molar-refractivity contribution in [1.29, 1.82) is 0 Å². The number of hydrogen-bond donors (Lipinski definition) is 2. The number of halogens is 1. The van der Waals surface area contributed by atoms with Crippen molar-refractivity contribution in [2.45, 2.75) is 19.4 Å². The van der Waals surface area contributed by atoms with Crippen molar-refractivity contribution in [1.82, 2.24) is 10.6 Å². The SMILES string of the molecule is C[C@@H](NC(=O)COC(=O)CCNC(=O)c1ccco1)c1ccccc1Cl. The summed E-state index contributed by atoms with van der Waals surface area (Å²) >= 11 is 6.07. The molecule has 1 aromatic heterocycles. The maximum atomic E-state index is 11.9. The molecule has 0 fully saturated rings. The lowest BCUT2D eigenvalue weighted by atomic mass is 10.1. The molecule has 0 saturated carbocycles. The molecule has 7 nitrogen and oxygen atoms in total. The lowest BCUT2D eigenvalue weighted by molar-refractivity contribution is -0.148. The van der Waals surface area contributed by atoms with Gasteiger partial charge in [0.2, 0.25) is 0 Å². The quantitative estimate of drug-likeness (QED) is 0.688. The molecule has 1 aromatic carbocycles. The van der Waals surface area contributed by atoms with E-state index < -0.39 is 24.4 Å². The summed E-state index contributed by atoms with van der Waals surface area (Å²) in [6, 6.07) is 9.94. The maximum Gasteiger partial charge on any atom is 0.308 e. The average molecular weight is 379 g/mol. The number of nitrogens with one attached hydrogen (secondary N) is 2. The highest BCUT2D eigenvalue weighted by Crippen LogP contribution is 2.21. The molecule has 2 rings (SSSR count). The van der Waals surface area contributed by atoms with Crippen molar-refractivity contribution in [3.63, 3.8) is 0 Å². The predicted octanol–water partition coefficient (Wildman–Crippen LogP) is 2.47. The smallest absolute Gasteiger partial charge is 0.308 e. The number of benzene rings is 1. The molecule has 138 valence electrons. The molecular weight excluding hydrogens is 360 g/mol. The summed E-state index contributed by atoms with van der Waals surface area (Å²) in [5.74, 6) is -1.30. The van der Waals surface area contributed by atoms with Gasteiger partial charge < -0.3 is 19.8 Å². The Morgan fingerprint density at radius 1 is 1.19 bits per heavy atom. The first-order valence-corrected chi connectivity index (χ1v) is 8.36. The third-order valence-electron chi connectivity index (χ3n) is 3.47. The number of carbonyl (C=O) groups is 3. The van der Waals surface area contributed by atoms with Crippen molar-refractivity contribution in [3.8, 4) is 0 Å². The van der Waals surface area contributed by atoms with Gasteiger partial charge in [-0.1, -0.05) is 29.8 Å². The molecule has 2 aromatic rings. The summed E-state index contributed by atoms with van der Waals surface area (Å²) in [6.07, 6.45) is 1.32. The van der Waals surface area contributed by atoms with Crippen molar-refractivity contribution in [3.05, 3.63) is 59.0 Å². The highest BCUT2D eigenvalue weighted by atomic mass is 35.5. The fourth-order valence-electron chi connectivity index (χ4n) is 2.18. The molecule has 0 radical (unpaired) electrons. The predicted molar refractivity (Wildman–Crippen MR) is 94.6 cm³/mol. The lowest BCUT2D eigenvalue weighted by Gasteiger charge is -2.15. The topological polar surface area (TPSA) is 97.6 Å². The van der Waals surface area contributed by atoms with Crippen molar-refractivity contribution in [2.24, 2.45) is 0 Å². The Morgan fingerprint density at radius 2 is 1.96 bits per heavy atom. The third kappa shape index (κ3) is 5.93. The Labute approximate surface area is 155 Å². The number of esters is 1. The van der Waals surface area contributed by atoms with E-state index in [0.717, 1.165) is 5.56 Å². The largest absolute Gasteiger partial charge is 0.459 e. The van der Waals surface area contributed by atoms with Gasteiger partial charge in [0.15, 0.2) is 12.4 Å². The molecule has 2 amide bonds. The van der Waals surface area contributed by atoms with Gasteiger partial charge >= 0.3 is 5.97 Å². The van der Waals surface area contributed by atoms with Crippen LogP contribution in [0, 0.1) is 0 Å². The Balaban J connectivity index is 1.66. The molecule has 0 spiro atoms. The van der Waals surface area contributed by atoms with Gasteiger partial charge in [0.05, 0.1) is 18.7 Å². The normalized spacial score (nSPS) is 11.5. The van der Waals surface area contributed by atoms with Crippen LogP contribution in [0.3, 0.4) is 0 Å². The van der Waals surface area contributed by atoms with E-state index in [4.69, 9.17) is 20.8 Å². The monoisotopic (exact) mass is 378 g/mol. The number of hydrogen-bond acceptors (Lipinski definition) is 5. The molecule has 0 saturated heterocycles. The standard InChI is InChI=1S/C18H19ClN2O5/c1-12(13-5-2-3-6-14(13)19)21-16(22)11-26-17(23)8-9-20-18(24)15-7-4-10-25-15/h2-7,10,12H,8-9,11H2,1H3,(H,20,24)(H,21,22)/t12-/m1/s1. The maximum absolute atomic E-state index is 11.9. The minimum atomic E-state index is -0.592. The van der Waals surface area contributed by atoms with Gasteiger partial charge in [-0.05, 0) is 30.7 Å². The first kappa shape index (κ1) is 19.5. The number of ether oxygens (including phenoxy) is 1. The van der Waals surface area contributed by atoms with E-state index in [1.54, 1.807) is 31.2 Å². The van der Waals surface area contributed by atoms with Crippen LogP contribution >= 0.6 is 11.6 Å². The van der Waals surface area contributed by atoms with E-state index in [1.165, 1.54) is 12.3 Å². The zero-order chi connectivity index (χ0) is 18.9. The minimum Gasteiger partial charge on any atom is -0.459 e. The summed E-state index contributed by atoms with van der Waals surface area (Å²) in [6.45, 7) is 1.46. The Morgan fingerprint density at radius 3 is 2.65 bits per heavy atom. The van der Waals surface area contributed by atoms with Crippen molar-refractivity contribution < 1.29 is 23.5 Å². The highest BCUT2D eigenvalue weighted by Gasteiger charge is 2.14. The van der Waals surface area contributed by atoms with E-state index in [2.05, 4.69) is 10.6 Å². The summed E-state index contributed by atoms with van der Waals surface area (Å²) in [7, 11) is 0. The third-order valence-corrected chi connectivity index (χ3v) is 3.82. The van der Waals surface area contributed by atoms with Gasteiger partial charge in [-0.2, -0.15) is 0 Å². The fraction of sp³-hybridized carbons (Fsp3) is 0.278. The second kappa shape index (κ2) is 9.62. The summed E-state index contributed by atoms with van der Waals surface area (Å²) in [4.78, 5) is 35.1. The van der Waals surface area contributed by atoms with E-state index >= 15 is 0 Å². The van der Waals surface area contributed by atoms with Crippen LogP contribution in [0.4, 0.5) is 0 Å².